The Morgan fingerprint density at radius 2 is 1.76 bits per heavy atom. The summed E-state index contributed by atoms with van der Waals surface area (Å²) in [6.45, 7) is 3.00. The molecule has 8 N–H and O–H groups in total. The molecule has 0 radical (unpaired) electrons. The third-order valence-corrected chi connectivity index (χ3v) is 12.2. The highest BCUT2D eigenvalue weighted by Crippen LogP contribution is 2.70. The first-order valence-corrected chi connectivity index (χ1v) is 14.9. The largest absolute Gasteiger partial charge is 0.458 e. The molecule has 0 bridgehead atoms. The van der Waals surface area contributed by atoms with Crippen LogP contribution >= 0.6 is 0 Å². The van der Waals surface area contributed by atoms with E-state index < -0.39 is 95.5 Å². The van der Waals surface area contributed by atoms with Crippen LogP contribution in [-0.2, 0) is 19.0 Å². The van der Waals surface area contributed by atoms with Gasteiger partial charge in [-0.15, -0.1) is 0 Å². The van der Waals surface area contributed by atoms with Gasteiger partial charge in [-0.25, -0.2) is 4.79 Å². The molecule has 2 heterocycles. The Kier molecular flexibility index (Phi) is 7.22. The van der Waals surface area contributed by atoms with Gasteiger partial charge in [0.2, 0.25) is 0 Å². The molecule has 0 aromatic rings. The number of carbonyl (C=O) groups excluding carboxylic acids is 1. The summed E-state index contributed by atoms with van der Waals surface area (Å²) < 4.78 is 16.7. The molecule has 41 heavy (non-hydrogen) atoms. The van der Waals surface area contributed by atoms with Crippen LogP contribution < -0.4 is 0 Å². The molecule has 5 fully saturated rings. The van der Waals surface area contributed by atoms with Crippen LogP contribution in [0.1, 0.15) is 58.8 Å². The predicted octanol–water partition coefficient (Wildman–Crippen LogP) is -1.51. The third-order valence-electron chi connectivity index (χ3n) is 12.2. The summed E-state index contributed by atoms with van der Waals surface area (Å²) in [7, 11) is 0. The fourth-order valence-corrected chi connectivity index (χ4v) is 10.1. The lowest BCUT2D eigenvalue weighted by Crippen LogP contribution is -2.76. The van der Waals surface area contributed by atoms with Crippen molar-refractivity contribution in [1.29, 1.82) is 0 Å². The summed E-state index contributed by atoms with van der Waals surface area (Å²) in [5, 5.41) is 89.6. The Morgan fingerprint density at radius 1 is 1.02 bits per heavy atom. The van der Waals surface area contributed by atoms with Gasteiger partial charge in [-0.2, -0.15) is 0 Å². The van der Waals surface area contributed by atoms with E-state index in [1.165, 1.54) is 13.0 Å². The molecule has 0 spiro atoms. The van der Waals surface area contributed by atoms with Gasteiger partial charge in [0.25, 0.3) is 0 Å². The molecule has 0 aromatic heterocycles. The van der Waals surface area contributed by atoms with Gasteiger partial charge in [-0.3, -0.25) is 0 Å². The molecule has 232 valence electrons. The van der Waals surface area contributed by atoms with Crippen LogP contribution in [-0.4, -0.2) is 120 Å². The van der Waals surface area contributed by atoms with Crippen molar-refractivity contribution in [3.05, 3.63) is 11.6 Å². The van der Waals surface area contributed by atoms with Crippen molar-refractivity contribution < 1.29 is 59.9 Å². The Hall–Kier alpha value is -1.19. The SMILES string of the molecule is C[C@@H]1O[C@H](O[C@@H]2C[C@H](O)[C@]3(CO)[C@H]4[C@H](O)C[C@@]5(C)[C@@H](C6=CC(=O)OC6)CC[C@@]5(O)[C@H]4CC[C@]3(O)C2)[C@H](O)[C@H](O)[C@@H]1O. The van der Waals surface area contributed by atoms with Gasteiger partial charge in [0.1, 0.15) is 24.9 Å². The van der Waals surface area contributed by atoms with Crippen LogP contribution in [0.3, 0.4) is 0 Å². The highest BCUT2D eigenvalue weighted by Gasteiger charge is 2.75. The van der Waals surface area contributed by atoms with E-state index in [9.17, 15) is 45.6 Å². The summed E-state index contributed by atoms with van der Waals surface area (Å²) in [6.07, 6.45) is -6.68. The minimum atomic E-state index is -1.67. The molecule has 0 unspecified atom stereocenters. The average Bonchev–Trinajstić information content (AvgIpc) is 3.45. The highest BCUT2D eigenvalue weighted by atomic mass is 16.7. The second kappa shape index (κ2) is 9.91. The molecule has 6 rings (SSSR count). The first kappa shape index (κ1) is 29.9. The van der Waals surface area contributed by atoms with Gasteiger partial charge in [-0.1, -0.05) is 6.92 Å². The maximum absolute atomic E-state index is 12.4. The summed E-state index contributed by atoms with van der Waals surface area (Å²) in [5.41, 5.74) is -4.46. The van der Waals surface area contributed by atoms with E-state index in [4.69, 9.17) is 14.2 Å². The molecule has 4 aliphatic carbocycles. The molecule has 0 aromatic carbocycles. The number of ether oxygens (including phenoxy) is 3. The number of aliphatic hydroxyl groups excluding tert-OH is 6. The normalized spacial score (nSPS) is 56.9. The maximum atomic E-state index is 12.4. The number of esters is 1. The number of hydrogen-bond acceptors (Lipinski definition) is 12. The maximum Gasteiger partial charge on any atom is 0.331 e. The minimum absolute atomic E-state index is 0.0369. The van der Waals surface area contributed by atoms with Gasteiger partial charge < -0.3 is 55.1 Å². The van der Waals surface area contributed by atoms with Crippen LogP contribution in [0, 0.1) is 28.6 Å². The van der Waals surface area contributed by atoms with Gasteiger partial charge in [0.05, 0.1) is 47.6 Å². The number of fused-ring (bicyclic) bond motifs is 5. The molecule has 2 aliphatic heterocycles. The number of cyclic esters (lactones) is 1. The molecular weight excluding hydrogens is 540 g/mol. The van der Waals surface area contributed by atoms with Gasteiger partial charge in [0, 0.05) is 30.3 Å². The molecule has 0 amide bonds. The zero-order valence-electron chi connectivity index (χ0n) is 23.5. The van der Waals surface area contributed by atoms with Crippen LogP contribution in [0.4, 0.5) is 0 Å². The van der Waals surface area contributed by atoms with Crippen LogP contribution in [0.15, 0.2) is 11.6 Å². The smallest absolute Gasteiger partial charge is 0.331 e. The number of aliphatic hydroxyl groups is 8. The standard InChI is InChI=1S/C29H44O12/c1-13-22(34)23(35)24(36)25(40-13)41-15-8-19(32)28(12-30)21-17(3-5-27(28,37)9-15)29(38)6-4-16(14-7-20(33)39-11-14)26(29,2)10-18(21)31/h7,13,15-19,21-25,30-32,34-38H,3-6,8-12H2,1-2H3/t13-,15+,16+,17-,18+,19-,21+,22+,23+,24+,25+,26-,27-,28+,29+/m0/s1. The van der Waals surface area contributed by atoms with Crippen LogP contribution in [0.25, 0.3) is 0 Å². The van der Waals surface area contributed by atoms with Gasteiger partial charge >= 0.3 is 5.97 Å². The Bertz CT molecular complexity index is 1080. The summed E-state index contributed by atoms with van der Waals surface area (Å²) in [4.78, 5) is 11.8. The van der Waals surface area contributed by atoms with Crippen molar-refractivity contribution in [3.8, 4) is 0 Å². The van der Waals surface area contributed by atoms with E-state index in [1.54, 1.807) is 0 Å². The zero-order chi connectivity index (χ0) is 29.7. The van der Waals surface area contributed by atoms with E-state index in [2.05, 4.69) is 0 Å². The topological polar surface area (TPSA) is 207 Å². The monoisotopic (exact) mass is 584 g/mol. The first-order chi connectivity index (χ1) is 19.2. The van der Waals surface area contributed by atoms with Gasteiger partial charge in [-0.05, 0) is 56.4 Å². The quantitative estimate of drug-likeness (QED) is 0.140. The Balaban J connectivity index is 1.28. The summed E-state index contributed by atoms with van der Waals surface area (Å²) in [5.74, 6) is -1.93. The summed E-state index contributed by atoms with van der Waals surface area (Å²) in [6, 6.07) is 0. The lowest BCUT2D eigenvalue weighted by molar-refractivity contribution is -0.342. The van der Waals surface area contributed by atoms with E-state index in [0.717, 1.165) is 5.57 Å². The fraction of sp³-hybridized carbons (Fsp3) is 0.897. The Labute approximate surface area is 238 Å². The third kappa shape index (κ3) is 3.99. The number of rotatable bonds is 4. The van der Waals surface area contributed by atoms with E-state index >= 15 is 0 Å². The predicted molar refractivity (Wildman–Crippen MR) is 139 cm³/mol. The molecule has 12 nitrogen and oxygen atoms in total. The minimum Gasteiger partial charge on any atom is -0.458 e. The van der Waals surface area contributed by atoms with E-state index in [1.807, 2.05) is 6.92 Å². The second-order valence-electron chi connectivity index (χ2n) is 13.8. The van der Waals surface area contributed by atoms with E-state index in [0.29, 0.717) is 19.3 Å². The zero-order valence-corrected chi connectivity index (χ0v) is 23.5. The molecule has 12 heteroatoms. The molecular formula is C29H44O12. The molecule has 15 atom stereocenters. The van der Waals surface area contributed by atoms with Crippen molar-refractivity contribution in [3.63, 3.8) is 0 Å². The van der Waals surface area contributed by atoms with Crippen LogP contribution in [0.2, 0.25) is 0 Å². The second-order valence-corrected chi connectivity index (χ2v) is 13.8. The fourth-order valence-electron chi connectivity index (χ4n) is 10.1. The van der Waals surface area contributed by atoms with Crippen molar-refractivity contribution >= 4 is 5.97 Å². The molecule has 6 aliphatic rings. The van der Waals surface area contributed by atoms with Gasteiger partial charge in [0.15, 0.2) is 6.29 Å². The van der Waals surface area contributed by atoms with Crippen molar-refractivity contribution in [2.75, 3.05) is 13.2 Å². The molecule has 4 saturated carbocycles. The lowest BCUT2D eigenvalue weighted by atomic mass is 9.40. The summed E-state index contributed by atoms with van der Waals surface area (Å²) >= 11 is 0. The van der Waals surface area contributed by atoms with Crippen molar-refractivity contribution in [2.45, 2.75) is 119 Å². The molecule has 1 saturated heterocycles. The average molecular weight is 585 g/mol. The number of hydrogen-bond donors (Lipinski definition) is 8. The van der Waals surface area contributed by atoms with Crippen LogP contribution in [0.5, 0.6) is 0 Å². The lowest BCUT2D eigenvalue weighted by Gasteiger charge is -2.68. The Morgan fingerprint density at radius 3 is 2.41 bits per heavy atom. The van der Waals surface area contributed by atoms with Crippen molar-refractivity contribution in [1.82, 2.24) is 0 Å². The first-order valence-electron chi connectivity index (χ1n) is 14.9. The highest BCUT2D eigenvalue weighted by molar-refractivity contribution is 5.85. The van der Waals surface area contributed by atoms with Crippen molar-refractivity contribution in [2.24, 2.45) is 28.6 Å². The van der Waals surface area contributed by atoms with E-state index in [-0.39, 0.29) is 38.2 Å². The number of carbonyl (C=O) groups is 1.